The SMILES string of the molecule is CC(C)[S@@+](N)[O-]. The molecule has 0 unspecified atom stereocenters. The third-order valence-corrected chi connectivity index (χ3v) is 1.39. The monoisotopic (exact) mass is 107 g/mol. The molecular weight excluding hydrogens is 98.1 g/mol. The van der Waals surface area contributed by atoms with Gasteiger partial charge in [-0.25, -0.2) is 0 Å². The maximum Gasteiger partial charge on any atom is 0.129 e. The molecule has 0 aromatic rings. The van der Waals surface area contributed by atoms with E-state index in [-0.39, 0.29) is 5.25 Å². The van der Waals surface area contributed by atoms with E-state index in [4.69, 9.17) is 5.14 Å². The first-order valence-electron chi connectivity index (χ1n) is 1.79. The standard InChI is InChI=1S/C3H9NOS/c1-3(2)6(4)5/h3H,4H2,1-2H3/t6-/m0/s1. The Bertz CT molecular complexity index is 31.8. The Hall–Kier alpha value is 0.270. The van der Waals surface area contributed by atoms with Crippen molar-refractivity contribution in [2.45, 2.75) is 19.1 Å². The fraction of sp³-hybridized carbons (Fsp3) is 1.00. The van der Waals surface area contributed by atoms with E-state index in [1.807, 2.05) is 13.8 Å². The summed E-state index contributed by atoms with van der Waals surface area (Å²) in [4.78, 5) is 0. The highest BCUT2D eigenvalue weighted by Crippen LogP contribution is 1.88. The van der Waals surface area contributed by atoms with Gasteiger partial charge in [-0.15, -0.1) is 0 Å². The molecule has 0 spiro atoms. The zero-order valence-electron chi connectivity index (χ0n) is 3.97. The summed E-state index contributed by atoms with van der Waals surface area (Å²) < 4.78 is 10.0. The molecule has 38 valence electrons. The first kappa shape index (κ1) is 6.27. The van der Waals surface area contributed by atoms with Gasteiger partial charge in [0.05, 0.1) is 0 Å². The number of hydrogen-bond acceptors (Lipinski definition) is 2. The van der Waals surface area contributed by atoms with E-state index in [9.17, 15) is 4.55 Å². The predicted molar refractivity (Wildman–Crippen MR) is 27.5 cm³/mol. The lowest BCUT2D eigenvalue weighted by atomic mass is 10.6. The van der Waals surface area contributed by atoms with Crippen molar-refractivity contribution in [3.63, 3.8) is 0 Å². The van der Waals surface area contributed by atoms with Crippen LogP contribution >= 0.6 is 0 Å². The van der Waals surface area contributed by atoms with Crippen molar-refractivity contribution < 1.29 is 4.55 Å². The average Bonchev–Trinajstić information content (AvgIpc) is 1.36. The molecule has 0 aromatic heterocycles. The van der Waals surface area contributed by atoms with E-state index in [1.54, 1.807) is 0 Å². The third-order valence-electron chi connectivity index (χ3n) is 0.465. The molecule has 0 aliphatic carbocycles. The average molecular weight is 107 g/mol. The lowest BCUT2D eigenvalue weighted by molar-refractivity contribution is 0.588. The van der Waals surface area contributed by atoms with Gasteiger partial charge >= 0.3 is 0 Å². The van der Waals surface area contributed by atoms with Crippen LogP contribution in [0.2, 0.25) is 0 Å². The fourth-order valence-electron chi connectivity index (χ4n) is 0. The highest BCUT2D eigenvalue weighted by atomic mass is 32.2. The van der Waals surface area contributed by atoms with Crippen molar-refractivity contribution in [3.05, 3.63) is 0 Å². The summed E-state index contributed by atoms with van der Waals surface area (Å²) in [6, 6.07) is 0. The Kier molecular flexibility index (Phi) is 2.55. The minimum Gasteiger partial charge on any atom is -0.598 e. The lowest BCUT2D eigenvalue weighted by Crippen LogP contribution is -2.22. The van der Waals surface area contributed by atoms with Crippen LogP contribution in [0.1, 0.15) is 13.8 Å². The Morgan fingerprint density at radius 2 is 1.83 bits per heavy atom. The second-order valence-corrected chi connectivity index (χ2v) is 2.98. The van der Waals surface area contributed by atoms with Gasteiger partial charge in [0.15, 0.2) is 0 Å². The van der Waals surface area contributed by atoms with Crippen molar-refractivity contribution in [2.75, 3.05) is 0 Å². The van der Waals surface area contributed by atoms with Crippen molar-refractivity contribution in [1.82, 2.24) is 0 Å². The Morgan fingerprint density at radius 3 is 1.83 bits per heavy atom. The number of nitrogens with two attached hydrogens (primary N) is 1. The molecule has 0 amide bonds. The molecule has 1 atom stereocenters. The molecule has 2 N–H and O–H groups in total. The summed E-state index contributed by atoms with van der Waals surface area (Å²) in [6.45, 7) is 3.63. The van der Waals surface area contributed by atoms with Crippen LogP contribution in [0.5, 0.6) is 0 Å². The van der Waals surface area contributed by atoms with Crippen molar-refractivity contribution in [1.29, 1.82) is 0 Å². The van der Waals surface area contributed by atoms with Crippen LogP contribution < -0.4 is 5.14 Å². The molecule has 0 saturated heterocycles. The van der Waals surface area contributed by atoms with Crippen LogP contribution in [-0.4, -0.2) is 9.80 Å². The predicted octanol–water partition coefficient (Wildman–Crippen LogP) is 0.0172. The third kappa shape index (κ3) is 2.50. The topological polar surface area (TPSA) is 49.1 Å². The summed E-state index contributed by atoms with van der Waals surface area (Å²) in [5, 5.41) is 5.01. The van der Waals surface area contributed by atoms with Gasteiger partial charge in [0, 0.05) is 11.4 Å². The van der Waals surface area contributed by atoms with Crippen LogP contribution in [0.15, 0.2) is 0 Å². The van der Waals surface area contributed by atoms with Crippen LogP contribution in [0.4, 0.5) is 0 Å². The van der Waals surface area contributed by atoms with Crippen LogP contribution in [0.3, 0.4) is 0 Å². The molecule has 2 nitrogen and oxygen atoms in total. The maximum atomic E-state index is 10.0. The van der Waals surface area contributed by atoms with Gasteiger partial charge < -0.3 is 4.55 Å². The lowest BCUT2D eigenvalue weighted by Gasteiger charge is -2.04. The highest BCUT2D eigenvalue weighted by Gasteiger charge is 2.01. The molecule has 0 heterocycles. The van der Waals surface area contributed by atoms with Gasteiger partial charge in [-0.2, -0.15) is 5.14 Å². The Balaban J connectivity index is 2.99. The second-order valence-electron chi connectivity index (χ2n) is 1.38. The second kappa shape index (κ2) is 2.44. The minimum atomic E-state index is -1.12. The summed E-state index contributed by atoms with van der Waals surface area (Å²) in [5.74, 6) is 0. The van der Waals surface area contributed by atoms with Crippen LogP contribution in [0.25, 0.3) is 0 Å². The molecule has 0 bridgehead atoms. The van der Waals surface area contributed by atoms with Gasteiger partial charge in [0.25, 0.3) is 0 Å². The van der Waals surface area contributed by atoms with Gasteiger partial charge in [0.2, 0.25) is 0 Å². The summed E-state index contributed by atoms with van der Waals surface area (Å²) in [7, 11) is 0. The van der Waals surface area contributed by atoms with Crippen LogP contribution in [0, 0.1) is 0 Å². The molecule has 0 aromatic carbocycles. The van der Waals surface area contributed by atoms with E-state index in [0.717, 1.165) is 0 Å². The van der Waals surface area contributed by atoms with E-state index < -0.39 is 11.4 Å². The van der Waals surface area contributed by atoms with E-state index >= 15 is 0 Å². The minimum absolute atomic E-state index is 0.102. The number of hydrogen-bond donors (Lipinski definition) is 1. The first-order chi connectivity index (χ1) is 2.64. The smallest absolute Gasteiger partial charge is 0.129 e. The Morgan fingerprint density at radius 1 is 1.67 bits per heavy atom. The molecule has 0 rings (SSSR count). The summed E-state index contributed by atoms with van der Waals surface area (Å²) >= 11 is -1.12. The molecule has 0 aliphatic heterocycles. The van der Waals surface area contributed by atoms with Gasteiger partial charge in [-0.3, -0.25) is 0 Å². The van der Waals surface area contributed by atoms with Crippen molar-refractivity contribution in [2.24, 2.45) is 5.14 Å². The zero-order chi connectivity index (χ0) is 5.15. The fourth-order valence-corrected chi connectivity index (χ4v) is 0. The van der Waals surface area contributed by atoms with Gasteiger partial charge in [-0.1, -0.05) is 0 Å². The van der Waals surface area contributed by atoms with E-state index in [0.29, 0.717) is 0 Å². The molecule has 0 saturated carbocycles. The van der Waals surface area contributed by atoms with E-state index in [2.05, 4.69) is 0 Å². The molecule has 3 heteroatoms. The van der Waals surface area contributed by atoms with E-state index in [1.165, 1.54) is 0 Å². The largest absolute Gasteiger partial charge is 0.598 e. The maximum absolute atomic E-state index is 10.0. The van der Waals surface area contributed by atoms with Gasteiger partial charge in [-0.05, 0) is 13.8 Å². The summed E-state index contributed by atoms with van der Waals surface area (Å²) in [5.41, 5.74) is 0. The summed E-state index contributed by atoms with van der Waals surface area (Å²) in [6.07, 6.45) is 0. The van der Waals surface area contributed by atoms with Gasteiger partial charge in [0.1, 0.15) is 5.25 Å². The van der Waals surface area contributed by atoms with Crippen molar-refractivity contribution >= 4 is 11.4 Å². The van der Waals surface area contributed by atoms with Crippen LogP contribution in [-0.2, 0) is 11.4 Å². The molecule has 0 aliphatic rings. The Labute approximate surface area is 41.0 Å². The molecule has 0 radical (unpaired) electrons. The highest BCUT2D eigenvalue weighted by molar-refractivity contribution is 7.89. The first-order valence-corrected chi connectivity index (χ1v) is 3.07. The number of rotatable bonds is 1. The molecular formula is C3H9NOS. The zero-order valence-corrected chi connectivity index (χ0v) is 4.79. The molecule has 6 heavy (non-hydrogen) atoms. The quantitative estimate of drug-likeness (QED) is 0.480. The normalized spacial score (nSPS) is 15.5. The molecule has 0 fully saturated rings. The van der Waals surface area contributed by atoms with Crippen molar-refractivity contribution in [3.8, 4) is 0 Å².